The van der Waals surface area contributed by atoms with Crippen LogP contribution in [0, 0.1) is 0 Å². The molecular weight excluding hydrogens is 378 g/mol. The molecule has 2 aromatic carbocycles. The normalized spacial score (nSPS) is 10.0. The smallest absolute Gasteiger partial charge is 0.340 e. The minimum absolute atomic E-state index is 0.245. The molecule has 0 aliphatic carbocycles. The van der Waals surface area contributed by atoms with Crippen LogP contribution in [0.15, 0.2) is 40.9 Å². The number of carbonyl (C=O) groups excluding carboxylic acids is 2. The third-order valence-electron chi connectivity index (χ3n) is 3.25. The quantitative estimate of drug-likeness (QED) is 0.786. The van der Waals surface area contributed by atoms with Crippen LogP contribution < -0.4 is 14.8 Å². The number of anilines is 1. The van der Waals surface area contributed by atoms with Crippen molar-refractivity contribution in [1.29, 1.82) is 0 Å². The van der Waals surface area contributed by atoms with Gasteiger partial charge in [-0.25, -0.2) is 4.79 Å². The van der Waals surface area contributed by atoms with Crippen molar-refractivity contribution in [3.05, 3.63) is 52.0 Å². The molecule has 0 fully saturated rings. The molecule has 0 aliphatic heterocycles. The number of amides is 1. The number of halogens is 1. The number of esters is 1. The maximum atomic E-state index is 12.5. The third kappa shape index (κ3) is 4.05. The Morgan fingerprint density at radius 2 is 1.58 bits per heavy atom. The lowest BCUT2D eigenvalue weighted by Crippen LogP contribution is -2.15. The van der Waals surface area contributed by atoms with E-state index in [0.717, 1.165) is 0 Å². The molecule has 24 heavy (non-hydrogen) atoms. The number of methoxy groups -OCH3 is 3. The lowest BCUT2D eigenvalue weighted by Gasteiger charge is -2.12. The van der Waals surface area contributed by atoms with Gasteiger partial charge in [0.15, 0.2) is 0 Å². The molecule has 0 heterocycles. The van der Waals surface area contributed by atoms with Crippen molar-refractivity contribution in [2.75, 3.05) is 26.6 Å². The highest BCUT2D eigenvalue weighted by Gasteiger charge is 2.16. The van der Waals surface area contributed by atoms with Crippen molar-refractivity contribution in [1.82, 2.24) is 0 Å². The Morgan fingerprint density at radius 1 is 0.958 bits per heavy atom. The van der Waals surface area contributed by atoms with Gasteiger partial charge in [-0.1, -0.05) is 15.9 Å². The van der Waals surface area contributed by atoms with Crippen LogP contribution in [0.1, 0.15) is 20.7 Å². The Hall–Kier alpha value is -2.54. The van der Waals surface area contributed by atoms with Crippen molar-refractivity contribution in [3.8, 4) is 11.5 Å². The van der Waals surface area contributed by atoms with E-state index < -0.39 is 11.9 Å². The first kappa shape index (κ1) is 17.8. The van der Waals surface area contributed by atoms with E-state index in [1.54, 1.807) is 36.4 Å². The van der Waals surface area contributed by atoms with E-state index >= 15 is 0 Å². The molecule has 0 saturated carbocycles. The first-order chi connectivity index (χ1) is 11.5. The number of ether oxygens (including phenoxy) is 3. The van der Waals surface area contributed by atoms with Crippen molar-refractivity contribution >= 4 is 33.5 Å². The van der Waals surface area contributed by atoms with Crippen LogP contribution in [0.3, 0.4) is 0 Å². The van der Waals surface area contributed by atoms with E-state index in [1.165, 1.54) is 21.3 Å². The van der Waals surface area contributed by atoms with Crippen LogP contribution in [-0.4, -0.2) is 33.2 Å². The summed E-state index contributed by atoms with van der Waals surface area (Å²) in [6.45, 7) is 0. The first-order valence-electron chi connectivity index (χ1n) is 6.90. The second-order valence-corrected chi connectivity index (χ2v) is 5.65. The fourth-order valence-electron chi connectivity index (χ4n) is 2.04. The van der Waals surface area contributed by atoms with Crippen molar-refractivity contribution in [2.45, 2.75) is 0 Å². The maximum Gasteiger partial charge on any atom is 0.340 e. The largest absolute Gasteiger partial charge is 0.497 e. The van der Waals surface area contributed by atoms with E-state index in [9.17, 15) is 9.59 Å². The third-order valence-corrected chi connectivity index (χ3v) is 3.74. The van der Waals surface area contributed by atoms with Crippen molar-refractivity contribution in [3.63, 3.8) is 0 Å². The Kier molecular flexibility index (Phi) is 5.81. The number of hydrogen-bond acceptors (Lipinski definition) is 5. The van der Waals surface area contributed by atoms with E-state index in [4.69, 9.17) is 14.2 Å². The van der Waals surface area contributed by atoms with Gasteiger partial charge in [0, 0.05) is 16.1 Å². The molecule has 0 aliphatic rings. The minimum atomic E-state index is -0.546. The van der Waals surface area contributed by atoms with Crippen LogP contribution in [0.5, 0.6) is 11.5 Å². The van der Waals surface area contributed by atoms with E-state index in [1.807, 2.05) is 0 Å². The SMILES string of the molecule is COC(=O)c1cc(Br)ccc1NC(=O)c1cc(OC)cc(OC)c1. The molecule has 7 heteroatoms. The highest BCUT2D eigenvalue weighted by atomic mass is 79.9. The van der Waals surface area contributed by atoms with Crippen LogP contribution in [0.4, 0.5) is 5.69 Å². The monoisotopic (exact) mass is 393 g/mol. The van der Waals surface area contributed by atoms with Crippen LogP contribution >= 0.6 is 15.9 Å². The summed E-state index contributed by atoms with van der Waals surface area (Å²) >= 11 is 3.29. The lowest BCUT2D eigenvalue weighted by molar-refractivity contribution is 0.0602. The van der Waals surface area contributed by atoms with Gasteiger partial charge in [0.25, 0.3) is 5.91 Å². The molecule has 2 rings (SSSR count). The molecule has 0 bridgehead atoms. The van der Waals surface area contributed by atoms with Crippen LogP contribution in [0.2, 0.25) is 0 Å². The van der Waals surface area contributed by atoms with Gasteiger partial charge in [-0.3, -0.25) is 4.79 Å². The van der Waals surface area contributed by atoms with E-state index in [0.29, 0.717) is 27.2 Å². The number of benzene rings is 2. The standard InChI is InChI=1S/C17H16BrNO5/c1-22-12-6-10(7-13(9-12)23-2)16(20)19-15-5-4-11(18)8-14(15)17(21)24-3/h4-9H,1-3H3,(H,19,20). The molecule has 0 atom stereocenters. The zero-order valence-electron chi connectivity index (χ0n) is 13.4. The fraction of sp³-hybridized carbons (Fsp3) is 0.176. The minimum Gasteiger partial charge on any atom is -0.497 e. The zero-order chi connectivity index (χ0) is 17.7. The lowest BCUT2D eigenvalue weighted by atomic mass is 10.1. The average Bonchev–Trinajstić information content (AvgIpc) is 2.61. The van der Waals surface area contributed by atoms with Gasteiger partial charge in [0.05, 0.1) is 32.6 Å². The molecule has 1 N–H and O–H groups in total. The summed E-state index contributed by atoms with van der Waals surface area (Å²) in [7, 11) is 4.28. The second kappa shape index (κ2) is 7.83. The van der Waals surface area contributed by atoms with Gasteiger partial charge in [-0.2, -0.15) is 0 Å². The Bertz CT molecular complexity index is 753. The average molecular weight is 394 g/mol. The van der Waals surface area contributed by atoms with Crippen LogP contribution in [-0.2, 0) is 4.74 Å². The Balaban J connectivity index is 2.35. The summed E-state index contributed by atoms with van der Waals surface area (Å²) in [5.41, 5.74) is 0.928. The molecule has 0 radical (unpaired) electrons. The maximum absolute atomic E-state index is 12.5. The van der Waals surface area contributed by atoms with Gasteiger partial charge in [0.2, 0.25) is 0 Å². The predicted octanol–water partition coefficient (Wildman–Crippen LogP) is 3.51. The van der Waals surface area contributed by atoms with E-state index in [-0.39, 0.29) is 5.56 Å². The summed E-state index contributed by atoms with van der Waals surface area (Å²) in [6.07, 6.45) is 0. The molecule has 126 valence electrons. The summed E-state index contributed by atoms with van der Waals surface area (Å²) in [6, 6.07) is 9.73. The van der Waals surface area contributed by atoms with Gasteiger partial charge >= 0.3 is 5.97 Å². The molecule has 1 amide bonds. The molecule has 2 aromatic rings. The zero-order valence-corrected chi connectivity index (χ0v) is 15.0. The van der Waals surface area contributed by atoms with Gasteiger partial charge in [-0.05, 0) is 30.3 Å². The van der Waals surface area contributed by atoms with Crippen molar-refractivity contribution < 1.29 is 23.8 Å². The molecule has 6 nitrogen and oxygen atoms in total. The Labute approximate surface area is 147 Å². The number of carbonyl (C=O) groups is 2. The highest BCUT2D eigenvalue weighted by molar-refractivity contribution is 9.10. The second-order valence-electron chi connectivity index (χ2n) is 4.74. The van der Waals surface area contributed by atoms with E-state index in [2.05, 4.69) is 21.2 Å². The van der Waals surface area contributed by atoms with Crippen molar-refractivity contribution in [2.24, 2.45) is 0 Å². The summed E-state index contributed by atoms with van der Waals surface area (Å²) in [5.74, 6) is 0.0292. The summed E-state index contributed by atoms with van der Waals surface area (Å²) in [4.78, 5) is 24.4. The van der Waals surface area contributed by atoms with Gasteiger partial charge in [-0.15, -0.1) is 0 Å². The predicted molar refractivity (Wildman–Crippen MR) is 93.0 cm³/mol. The summed E-state index contributed by atoms with van der Waals surface area (Å²) < 4.78 is 15.7. The molecular formula is C17H16BrNO5. The highest BCUT2D eigenvalue weighted by Crippen LogP contribution is 2.25. The summed E-state index contributed by atoms with van der Waals surface area (Å²) in [5, 5.41) is 2.70. The molecule has 0 spiro atoms. The Morgan fingerprint density at radius 3 is 2.12 bits per heavy atom. The fourth-order valence-corrected chi connectivity index (χ4v) is 2.40. The first-order valence-corrected chi connectivity index (χ1v) is 7.70. The molecule has 0 aromatic heterocycles. The van der Waals surface area contributed by atoms with Gasteiger partial charge in [0.1, 0.15) is 11.5 Å². The number of hydrogen-bond donors (Lipinski definition) is 1. The molecule has 0 saturated heterocycles. The number of nitrogens with one attached hydrogen (secondary N) is 1. The van der Waals surface area contributed by atoms with Crippen LogP contribution in [0.25, 0.3) is 0 Å². The van der Waals surface area contributed by atoms with Gasteiger partial charge < -0.3 is 19.5 Å². The molecule has 0 unspecified atom stereocenters. The number of rotatable bonds is 5. The topological polar surface area (TPSA) is 73.9 Å².